The molecule has 0 saturated carbocycles. The molecule has 0 aliphatic carbocycles. The van der Waals surface area contributed by atoms with Crippen molar-refractivity contribution in [3.63, 3.8) is 0 Å². The first kappa shape index (κ1) is 19.3. The van der Waals surface area contributed by atoms with Gasteiger partial charge in [0, 0.05) is 11.1 Å². The van der Waals surface area contributed by atoms with Gasteiger partial charge in [0.2, 0.25) is 10.0 Å². The summed E-state index contributed by atoms with van der Waals surface area (Å²) in [6, 6.07) is 8.07. The van der Waals surface area contributed by atoms with Gasteiger partial charge in [0.15, 0.2) is 23.0 Å². The summed E-state index contributed by atoms with van der Waals surface area (Å²) in [6.07, 6.45) is -2.93. The lowest BCUT2D eigenvalue weighted by atomic mass is 10.0. The fourth-order valence-electron chi connectivity index (χ4n) is 3.17. The van der Waals surface area contributed by atoms with Crippen LogP contribution >= 0.6 is 0 Å². The standard InChI is InChI=1S/C18H14F3N3O4S/c1-27-13-7-6-11-12(14(13)19)8-28-17-15(18(20)21)23-24(16(11)17)9-2-4-10(5-3-9)29(22,25)26/h2-7,18H,8H2,1H3,(H2,22,25,26). The summed E-state index contributed by atoms with van der Waals surface area (Å²) < 4.78 is 76.2. The van der Waals surface area contributed by atoms with Gasteiger partial charge in [-0.2, -0.15) is 5.10 Å². The Balaban J connectivity index is 1.95. The van der Waals surface area contributed by atoms with E-state index in [0.717, 1.165) is 4.68 Å². The average molecular weight is 425 g/mol. The average Bonchev–Trinajstić information content (AvgIpc) is 3.08. The maximum Gasteiger partial charge on any atom is 0.285 e. The van der Waals surface area contributed by atoms with Crippen molar-refractivity contribution in [3.8, 4) is 28.4 Å². The van der Waals surface area contributed by atoms with E-state index in [1.165, 1.54) is 43.5 Å². The Bertz CT molecular complexity index is 1210. The number of nitrogens with two attached hydrogens (primary N) is 1. The molecule has 0 unspecified atom stereocenters. The smallest absolute Gasteiger partial charge is 0.285 e. The third-order valence-electron chi connectivity index (χ3n) is 4.53. The van der Waals surface area contributed by atoms with Crippen LogP contribution in [0, 0.1) is 5.82 Å². The van der Waals surface area contributed by atoms with Crippen LogP contribution in [0.2, 0.25) is 0 Å². The Hall–Kier alpha value is -3.05. The van der Waals surface area contributed by atoms with E-state index in [1.54, 1.807) is 0 Å². The Morgan fingerprint density at radius 3 is 2.48 bits per heavy atom. The summed E-state index contributed by atoms with van der Waals surface area (Å²) in [7, 11) is -2.62. The molecular weight excluding hydrogens is 411 g/mol. The minimum absolute atomic E-state index is 0.00606. The van der Waals surface area contributed by atoms with Crippen LogP contribution in [0.25, 0.3) is 16.9 Å². The molecular formula is C18H14F3N3O4S. The van der Waals surface area contributed by atoms with Gasteiger partial charge in [0.25, 0.3) is 6.43 Å². The van der Waals surface area contributed by atoms with Crippen LogP contribution < -0.4 is 14.6 Å². The second kappa shape index (κ2) is 6.78. The zero-order chi connectivity index (χ0) is 20.9. The molecule has 152 valence electrons. The zero-order valence-electron chi connectivity index (χ0n) is 14.9. The molecule has 0 amide bonds. The molecule has 1 aromatic heterocycles. The Morgan fingerprint density at radius 2 is 1.90 bits per heavy atom. The van der Waals surface area contributed by atoms with Gasteiger partial charge in [-0.05, 0) is 36.4 Å². The number of benzene rings is 2. The summed E-state index contributed by atoms with van der Waals surface area (Å²) >= 11 is 0. The molecule has 0 atom stereocenters. The molecule has 0 radical (unpaired) electrons. The summed E-state index contributed by atoms with van der Waals surface area (Å²) in [5.41, 5.74) is 0.261. The molecule has 1 aliphatic heterocycles. The van der Waals surface area contributed by atoms with Crippen LogP contribution in [0.5, 0.6) is 11.5 Å². The van der Waals surface area contributed by atoms with E-state index >= 15 is 0 Å². The van der Waals surface area contributed by atoms with Crippen LogP contribution in [0.3, 0.4) is 0 Å². The lowest BCUT2D eigenvalue weighted by Crippen LogP contribution is -2.13. The van der Waals surface area contributed by atoms with E-state index in [2.05, 4.69) is 5.10 Å². The van der Waals surface area contributed by atoms with E-state index in [4.69, 9.17) is 14.6 Å². The highest BCUT2D eigenvalue weighted by molar-refractivity contribution is 7.89. The van der Waals surface area contributed by atoms with Crippen LogP contribution in [0.4, 0.5) is 13.2 Å². The molecule has 2 heterocycles. The van der Waals surface area contributed by atoms with E-state index in [0.29, 0.717) is 5.56 Å². The number of ether oxygens (including phenoxy) is 2. The number of hydrogen-bond acceptors (Lipinski definition) is 5. The van der Waals surface area contributed by atoms with Crippen molar-refractivity contribution in [1.29, 1.82) is 0 Å². The van der Waals surface area contributed by atoms with Gasteiger partial charge in [0.1, 0.15) is 12.3 Å². The Morgan fingerprint density at radius 1 is 1.21 bits per heavy atom. The van der Waals surface area contributed by atoms with Gasteiger partial charge < -0.3 is 9.47 Å². The highest BCUT2D eigenvalue weighted by Gasteiger charge is 2.33. The lowest BCUT2D eigenvalue weighted by molar-refractivity contribution is 0.139. The van der Waals surface area contributed by atoms with Crippen LogP contribution in [-0.4, -0.2) is 25.3 Å². The Kier molecular flexibility index (Phi) is 4.50. The lowest BCUT2D eigenvalue weighted by Gasteiger charge is -2.21. The molecule has 0 fully saturated rings. The molecule has 0 saturated heterocycles. The number of alkyl halides is 2. The van der Waals surface area contributed by atoms with Crippen molar-refractivity contribution in [3.05, 3.63) is 53.5 Å². The molecule has 29 heavy (non-hydrogen) atoms. The van der Waals surface area contributed by atoms with Gasteiger partial charge >= 0.3 is 0 Å². The molecule has 3 aromatic rings. The molecule has 4 rings (SSSR count). The number of methoxy groups -OCH3 is 1. The quantitative estimate of drug-likeness (QED) is 0.693. The van der Waals surface area contributed by atoms with Crippen molar-refractivity contribution in [2.45, 2.75) is 17.9 Å². The number of hydrogen-bond donors (Lipinski definition) is 1. The topological polar surface area (TPSA) is 96.4 Å². The van der Waals surface area contributed by atoms with E-state index < -0.39 is 28.0 Å². The van der Waals surface area contributed by atoms with Crippen LogP contribution in [-0.2, 0) is 16.6 Å². The SMILES string of the molecule is COc1ccc2c(c1F)COc1c(C(F)F)nn(-c3ccc(S(N)(=O)=O)cc3)c1-2. The molecule has 0 spiro atoms. The third-order valence-corrected chi connectivity index (χ3v) is 5.46. The molecule has 2 N–H and O–H groups in total. The summed E-state index contributed by atoms with van der Waals surface area (Å²) in [5, 5.41) is 9.02. The second-order valence-corrected chi connectivity index (χ2v) is 7.77. The summed E-state index contributed by atoms with van der Waals surface area (Å²) in [5.74, 6) is -0.826. The molecule has 1 aliphatic rings. The van der Waals surface area contributed by atoms with Gasteiger partial charge in [0.05, 0.1) is 17.7 Å². The van der Waals surface area contributed by atoms with Crippen molar-refractivity contribution in [2.24, 2.45) is 5.14 Å². The van der Waals surface area contributed by atoms with Crippen LogP contribution in [0.15, 0.2) is 41.3 Å². The second-order valence-electron chi connectivity index (χ2n) is 6.21. The number of fused-ring (bicyclic) bond motifs is 3. The largest absolute Gasteiger partial charge is 0.494 e. The van der Waals surface area contributed by atoms with E-state index in [-0.39, 0.29) is 39.9 Å². The van der Waals surface area contributed by atoms with E-state index in [9.17, 15) is 21.6 Å². The first-order chi connectivity index (χ1) is 13.7. The number of aromatic nitrogens is 2. The first-order valence-corrected chi connectivity index (χ1v) is 9.80. The third kappa shape index (κ3) is 3.12. The number of primary sulfonamides is 1. The fraction of sp³-hybridized carbons (Fsp3) is 0.167. The monoisotopic (exact) mass is 425 g/mol. The Labute approximate surface area is 163 Å². The van der Waals surface area contributed by atoms with Crippen molar-refractivity contribution in [2.75, 3.05) is 7.11 Å². The van der Waals surface area contributed by atoms with Gasteiger partial charge in [-0.25, -0.2) is 31.4 Å². The molecule has 11 heteroatoms. The molecule has 2 aromatic carbocycles. The van der Waals surface area contributed by atoms with Gasteiger partial charge in [-0.3, -0.25) is 0 Å². The number of sulfonamides is 1. The number of nitrogens with zero attached hydrogens (tertiary/aromatic N) is 2. The van der Waals surface area contributed by atoms with Crippen LogP contribution in [0.1, 0.15) is 17.7 Å². The van der Waals surface area contributed by atoms with Crippen molar-refractivity contribution < 1.29 is 31.1 Å². The maximum atomic E-state index is 14.7. The zero-order valence-corrected chi connectivity index (χ0v) is 15.7. The summed E-state index contributed by atoms with van der Waals surface area (Å²) in [6.45, 7) is -0.263. The van der Waals surface area contributed by atoms with Gasteiger partial charge in [-0.1, -0.05) is 0 Å². The highest BCUT2D eigenvalue weighted by Crippen LogP contribution is 2.45. The van der Waals surface area contributed by atoms with E-state index in [1.807, 2.05) is 0 Å². The fourth-order valence-corrected chi connectivity index (χ4v) is 3.69. The van der Waals surface area contributed by atoms with Crippen molar-refractivity contribution >= 4 is 10.0 Å². The van der Waals surface area contributed by atoms with Gasteiger partial charge in [-0.15, -0.1) is 0 Å². The van der Waals surface area contributed by atoms with Crippen molar-refractivity contribution in [1.82, 2.24) is 9.78 Å². The minimum atomic E-state index is -3.93. The predicted octanol–water partition coefficient (Wildman–Crippen LogP) is 3.16. The highest BCUT2D eigenvalue weighted by atomic mass is 32.2. The normalized spacial score (nSPS) is 13.0. The minimum Gasteiger partial charge on any atom is -0.494 e. The summed E-state index contributed by atoms with van der Waals surface area (Å²) in [4.78, 5) is -0.149. The molecule has 7 nitrogen and oxygen atoms in total. The predicted molar refractivity (Wildman–Crippen MR) is 96.2 cm³/mol. The number of rotatable bonds is 4. The maximum absolute atomic E-state index is 14.7. The number of halogens is 3. The first-order valence-electron chi connectivity index (χ1n) is 8.25. The molecule has 0 bridgehead atoms.